The molecule has 17 heavy (non-hydrogen) atoms. The summed E-state index contributed by atoms with van der Waals surface area (Å²) in [6.45, 7) is 4.67. The highest BCUT2D eigenvalue weighted by molar-refractivity contribution is 5.25. The number of hydrogen-bond donors (Lipinski definition) is 1. The summed E-state index contributed by atoms with van der Waals surface area (Å²) in [6.07, 6.45) is 2.40. The molecule has 0 bridgehead atoms. The largest absolute Gasteiger partial charge is 0.486 e. The lowest BCUT2D eigenvalue weighted by molar-refractivity contribution is 0.321. The summed E-state index contributed by atoms with van der Waals surface area (Å²) in [7, 11) is 0. The van der Waals surface area contributed by atoms with Crippen molar-refractivity contribution in [1.29, 1.82) is 0 Å². The summed E-state index contributed by atoms with van der Waals surface area (Å²) in [5.41, 5.74) is 0.820. The molecular weight excluding hydrogens is 224 g/mol. The zero-order chi connectivity index (χ0) is 12.3. The molecule has 1 aromatic rings. The fourth-order valence-corrected chi connectivity index (χ4v) is 1.40. The maximum Gasteiger partial charge on any atom is 0.200 e. The first-order valence-electron chi connectivity index (χ1n) is 5.63. The molecular formula is C13H15F2NO. The van der Waals surface area contributed by atoms with E-state index in [0.717, 1.165) is 11.6 Å². The number of nitrogens with one attached hydrogen (secondary N) is 1. The Balaban J connectivity index is 1.79. The molecule has 0 spiro atoms. The van der Waals surface area contributed by atoms with Crippen molar-refractivity contribution < 1.29 is 13.5 Å². The summed E-state index contributed by atoms with van der Waals surface area (Å²) in [5, 5.41) is 3.27. The number of halogens is 2. The molecule has 1 fully saturated rings. The summed E-state index contributed by atoms with van der Waals surface area (Å²) < 4.78 is 31.3. The van der Waals surface area contributed by atoms with Crippen LogP contribution >= 0.6 is 0 Å². The average molecular weight is 239 g/mol. The van der Waals surface area contributed by atoms with Crippen LogP contribution in [0.5, 0.6) is 5.75 Å². The van der Waals surface area contributed by atoms with Gasteiger partial charge in [-0.25, -0.2) is 4.39 Å². The summed E-state index contributed by atoms with van der Waals surface area (Å²) in [5.74, 6) is -1.92. The smallest absolute Gasteiger partial charge is 0.200 e. The topological polar surface area (TPSA) is 21.3 Å². The highest BCUT2D eigenvalue weighted by Crippen LogP contribution is 2.20. The molecule has 1 N–H and O–H groups in total. The third-order valence-electron chi connectivity index (χ3n) is 2.57. The SMILES string of the molecule is C=C(CNC1CC1)COc1cccc(F)c1F. The predicted molar refractivity (Wildman–Crippen MR) is 62.0 cm³/mol. The Hall–Kier alpha value is -1.42. The van der Waals surface area contributed by atoms with Crippen molar-refractivity contribution >= 4 is 0 Å². The van der Waals surface area contributed by atoms with Gasteiger partial charge in [0.25, 0.3) is 0 Å². The van der Waals surface area contributed by atoms with Crippen LogP contribution < -0.4 is 10.1 Å². The molecule has 0 unspecified atom stereocenters. The Kier molecular flexibility index (Phi) is 3.74. The molecule has 0 amide bonds. The summed E-state index contributed by atoms with van der Waals surface area (Å²) in [4.78, 5) is 0. The van der Waals surface area contributed by atoms with Crippen LogP contribution in [0.4, 0.5) is 8.78 Å². The third-order valence-corrected chi connectivity index (χ3v) is 2.57. The second-order valence-corrected chi connectivity index (χ2v) is 4.25. The van der Waals surface area contributed by atoms with Crippen molar-refractivity contribution in [1.82, 2.24) is 5.32 Å². The Morgan fingerprint density at radius 2 is 2.18 bits per heavy atom. The monoisotopic (exact) mass is 239 g/mol. The number of rotatable bonds is 6. The van der Waals surface area contributed by atoms with E-state index in [4.69, 9.17) is 4.74 Å². The normalized spacial score (nSPS) is 14.7. The van der Waals surface area contributed by atoms with E-state index in [1.165, 1.54) is 25.0 Å². The van der Waals surface area contributed by atoms with Crippen molar-refractivity contribution in [3.8, 4) is 5.75 Å². The zero-order valence-electron chi connectivity index (χ0n) is 9.51. The Labute approximate surface area is 99.3 Å². The van der Waals surface area contributed by atoms with E-state index in [1.807, 2.05) is 0 Å². The van der Waals surface area contributed by atoms with Gasteiger partial charge < -0.3 is 10.1 Å². The quantitative estimate of drug-likeness (QED) is 0.770. The second kappa shape index (κ2) is 5.27. The van der Waals surface area contributed by atoms with Crippen molar-refractivity contribution in [2.45, 2.75) is 18.9 Å². The van der Waals surface area contributed by atoms with Gasteiger partial charge in [-0.2, -0.15) is 4.39 Å². The summed E-state index contributed by atoms with van der Waals surface area (Å²) in [6, 6.07) is 4.47. The second-order valence-electron chi connectivity index (χ2n) is 4.25. The van der Waals surface area contributed by atoms with E-state index in [-0.39, 0.29) is 12.4 Å². The lowest BCUT2D eigenvalue weighted by atomic mass is 10.3. The summed E-state index contributed by atoms with van der Waals surface area (Å²) >= 11 is 0. The fraction of sp³-hybridized carbons (Fsp3) is 0.385. The first-order chi connectivity index (χ1) is 8.16. The average Bonchev–Trinajstić information content (AvgIpc) is 3.12. The predicted octanol–water partition coefficient (Wildman–Crippen LogP) is 2.65. The Morgan fingerprint density at radius 1 is 1.41 bits per heavy atom. The molecule has 4 heteroatoms. The number of benzene rings is 1. The van der Waals surface area contributed by atoms with Gasteiger partial charge in [0, 0.05) is 12.6 Å². The molecule has 0 radical (unpaired) electrons. The third kappa shape index (κ3) is 3.53. The van der Waals surface area contributed by atoms with Crippen molar-refractivity contribution in [3.63, 3.8) is 0 Å². The van der Waals surface area contributed by atoms with Crippen LogP contribution in [-0.4, -0.2) is 19.2 Å². The van der Waals surface area contributed by atoms with E-state index in [0.29, 0.717) is 12.6 Å². The molecule has 2 nitrogen and oxygen atoms in total. The first-order valence-corrected chi connectivity index (χ1v) is 5.63. The lowest BCUT2D eigenvalue weighted by Gasteiger charge is -2.10. The maximum absolute atomic E-state index is 13.2. The molecule has 0 aliphatic heterocycles. The minimum Gasteiger partial charge on any atom is -0.486 e. The molecule has 0 heterocycles. The van der Waals surface area contributed by atoms with Gasteiger partial charge in [0.15, 0.2) is 11.6 Å². The maximum atomic E-state index is 13.2. The van der Waals surface area contributed by atoms with E-state index >= 15 is 0 Å². The van der Waals surface area contributed by atoms with Crippen LogP contribution in [0.15, 0.2) is 30.4 Å². The van der Waals surface area contributed by atoms with Gasteiger partial charge in [-0.1, -0.05) is 12.6 Å². The number of hydrogen-bond acceptors (Lipinski definition) is 2. The van der Waals surface area contributed by atoms with Crippen LogP contribution in [0.3, 0.4) is 0 Å². The fourth-order valence-electron chi connectivity index (χ4n) is 1.40. The van der Waals surface area contributed by atoms with Gasteiger partial charge >= 0.3 is 0 Å². The van der Waals surface area contributed by atoms with E-state index in [2.05, 4.69) is 11.9 Å². The minimum absolute atomic E-state index is 0.0717. The minimum atomic E-state index is -0.949. The molecule has 0 saturated heterocycles. The number of ether oxygens (including phenoxy) is 1. The Morgan fingerprint density at radius 3 is 2.88 bits per heavy atom. The molecule has 1 aliphatic carbocycles. The lowest BCUT2D eigenvalue weighted by Crippen LogP contribution is -2.21. The van der Waals surface area contributed by atoms with E-state index in [1.54, 1.807) is 0 Å². The molecule has 1 saturated carbocycles. The van der Waals surface area contributed by atoms with Gasteiger partial charge in [-0.3, -0.25) is 0 Å². The molecule has 2 rings (SSSR count). The van der Waals surface area contributed by atoms with Gasteiger partial charge in [0.05, 0.1) is 0 Å². The zero-order valence-corrected chi connectivity index (χ0v) is 9.51. The Bertz CT molecular complexity index is 416. The standard InChI is InChI=1S/C13H15F2NO/c1-9(7-16-10-5-6-10)8-17-12-4-2-3-11(14)13(12)15/h2-4,10,16H,1,5-8H2. The van der Waals surface area contributed by atoms with Crippen molar-refractivity contribution in [2.24, 2.45) is 0 Å². The molecule has 0 atom stereocenters. The molecule has 1 aliphatic rings. The van der Waals surface area contributed by atoms with Crippen LogP contribution in [0, 0.1) is 11.6 Å². The van der Waals surface area contributed by atoms with Gasteiger partial charge in [0.2, 0.25) is 5.82 Å². The van der Waals surface area contributed by atoms with Gasteiger partial charge in [0.1, 0.15) is 6.61 Å². The van der Waals surface area contributed by atoms with Crippen LogP contribution in [0.25, 0.3) is 0 Å². The highest BCUT2D eigenvalue weighted by atomic mass is 19.2. The van der Waals surface area contributed by atoms with Crippen molar-refractivity contribution in [2.75, 3.05) is 13.2 Å². The molecule has 0 aromatic heterocycles. The molecule has 1 aromatic carbocycles. The van der Waals surface area contributed by atoms with E-state index in [9.17, 15) is 8.78 Å². The first kappa shape index (κ1) is 12.0. The van der Waals surface area contributed by atoms with Crippen LogP contribution in [0.2, 0.25) is 0 Å². The van der Waals surface area contributed by atoms with Crippen molar-refractivity contribution in [3.05, 3.63) is 42.0 Å². The highest BCUT2D eigenvalue weighted by Gasteiger charge is 2.20. The van der Waals surface area contributed by atoms with Gasteiger partial charge in [-0.15, -0.1) is 0 Å². The van der Waals surface area contributed by atoms with E-state index < -0.39 is 11.6 Å². The molecule has 92 valence electrons. The van der Waals surface area contributed by atoms with Crippen LogP contribution in [0.1, 0.15) is 12.8 Å². The van der Waals surface area contributed by atoms with Gasteiger partial charge in [-0.05, 0) is 30.5 Å². The van der Waals surface area contributed by atoms with Crippen LogP contribution in [-0.2, 0) is 0 Å².